The first-order valence-electron chi connectivity index (χ1n) is 10.6. The lowest BCUT2D eigenvalue weighted by atomic mass is 9.92. The molecular formula is C24H25FN6O3. The van der Waals surface area contributed by atoms with Crippen molar-refractivity contribution >= 4 is 17.5 Å². The van der Waals surface area contributed by atoms with Crippen LogP contribution in [-0.4, -0.2) is 25.8 Å². The molecule has 0 spiro atoms. The first kappa shape index (κ1) is 23.0. The number of hydrogen-bond acceptors (Lipinski definition) is 6. The van der Waals surface area contributed by atoms with Crippen LogP contribution in [0.1, 0.15) is 32.2 Å². The molecule has 9 nitrogen and oxygen atoms in total. The summed E-state index contributed by atoms with van der Waals surface area (Å²) in [4.78, 5) is 20.9. The molecular weight excluding hydrogens is 439 g/mol. The number of carbonyl (C=O) groups excluding carboxylic acids is 1. The zero-order chi connectivity index (χ0) is 24.5. The molecule has 34 heavy (non-hydrogen) atoms. The number of anilines is 2. The van der Waals surface area contributed by atoms with Crippen LogP contribution in [0.3, 0.4) is 0 Å². The third kappa shape index (κ3) is 5.22. The average molecular weight is 465 g/mol. The van der Waals surface area contributed by atoms with Crippen molar-refractivity contribution in [1.82, 2.24) is 19.7 Å². The molecule has 0 fully saturated rings. The molecule has 10 heteroatoms. The summed E-state index contributed by atoms with van der Waals surface area (Å²) >= 11 is 0. The molecule has 0 bridgehead atoms. The first-order chi connectivity index (χ1) is 16.1. The van der Waals surface area contributed by atoms with Crippen LogP contribution in [0.4, 0.5) is 20.7 Å². The van der Waals surface area contributed by atoms with Crippen molar-refractivity contribution < 1.29 is 18.3 Å². The second-order valence-corrected chi connectivity index (χ2v) is 8.78. The quantitative estimate of drug-likeness (QED) is 0.395. The van der Waals surface area contributed by atoms with Crippen LogP contribution in [-0.2, 0) is 12.5 Å². The van der Waals surface area contributed by atoms with E-state index >= 15 is 0 Å². The van der Waals surface area contributed by atoms with Crippen molar-refractivity contribution in [2.24, 2.45) is 7.05 Å². The summed E-state index contributed by atoms with van der Waals surface area (Å²) in [6, 6.07) is 8.64. The third-order valence-electron chi connectivity index (χ3n) is 4.88. The molecule has 0 aliphatic carbocycles. The molecule has 4 aromatic rings. The number of pyridine rings is 1. The maximum absolute atomic E-state index is 14.7. The lowest BCUT2D eigenvalue weighted by Gasteiger charge is -2.13. The van der Waals surface area contributed by atoms with Crippen molar-refractivity contribution in [3.8, 4) is 23.1 Å². The Labute approximate surface area is 196 Å². The van der Waals surface area contributed by atoms with Gasteiger partial charge in [0, 0.05) is 36.9 Å². The minimum absolute atomic E-state index is 0.00809. The summed E-state index contributed by atoms with van der Waals surface area (Å²) in [5, 5.41) is 9.60. The van der Waals surface area contributed by atoms with Crippen LogP contribution in [0.15, 0.2) is 53.3 Å². The number of nitrogens with zero attached hydrogens (tertiary/aromatic N) is 4. The largest absolute Gasteiger partial charge is 0.457 e. The fourth-order valence-electron chi connectivity index (χ4n) is 3.08. The maximum atomic E-state index is 14.7. The smallest absolute Gasteiger partial charge is 0.324 e. The highest BCUT2D eigenvalue weighted by Crippen LogP contribution is 2.28. The standard InChI is InChI=1S/C24H25FN6O3/c1-14-13-33-22(27-14)19-11-16(8-9-26-19)34-15-6-7-18(17(25)10-15)28-23(32)29-21-12-20(24(2,3)4)30-31(21)5/h6-13H,1-5H3,(H2,28,29,32). The molecule has 3 aromatic heterocycles. The predicted molar refractivity (Wildman–Crippen MR) is 125 cm³/mol. The Bertz CT molecular complexity index is 1340. The van der Waals surface area contributed by atoms with E-state index in [2.05, 4.69) is 25.7 Å². The minimum atomic E-state index is -0.648. The normalized spacial score (nSPS) is 11.4. The summed E-state index contributed by atoms with van der Waals surface area (Å²) in [7, 11) is 1.73. The van der Waals surface area contributed by atoms with Crippen LogP contribution < -0.4 is 15.4 Å². The first-order valence-corrected chi connectivity index (χ1v) is 10.6. The van der Waals surface area contributed by atoms with Crippen LogP contribution in [0, 0.1) is 12.7 Å². The van der Waals surface area contributed by atoms with Crippen LogP contribution >= 0.6 is 0 Å². The van der Waals surface area contributed by atoms with E-state index < -0.39 is 11.8 Å². The molecule has 3 heterocycles. The number of rotatable bonds is 5. The van der Waals surface area contributed by atoms with Crippen LogP contribution in [0.5, 0.6) is 11.5 Å². The van der Waals surface area contributed by atoms with Gasteiger partial charge in [0.25, 0.3) is 0 Å². The van der Waals surface area contributed by atoms with Gasteiger partial charge in [-0.2, -0.15) is 5.10 Å². The predicted octanol–water partition coefficient (Wildman–Crippen LogP) is 5.65. The molecule has 176 valence electrons. The Balaban J connectivity index is 1.43. The Morgan fingerprint density at radius 1 is 1.12 bits per heavy atom. The second kappa shape index (κ2) is 8.97. The minimum Gasteiger partial charge on any atom is -0.457 e. The topological polar surface area (TPSA) is 107 Å². The van der Waals surface area contributed by atoms with E-state index in [1.54, 1.807) is 42.2 Å². The highest BCUT2D eigenvalue weighted by Gasteiger charge is 2.20. The highest BCUT2D eigenvalue weighted by atomic mass is 19.1. The van der Waals surface area contributed by atoms with Crippen LogP contribution in [0.25, 0.3) is 11.6 Å². The number of ether oxygens (including phenoxy) is 1. The van der Waals surface area contributed by atoms with Crippen molar-refractivity contribution in [3.05, 3.63) is 66.1 Å². The molecule has 4 rings (SSSR count). The van der Waals surface area contributed by atoms with E-state index in [0.717, 1.165) is 11.4 Å². The summed E-state index contributed by atoms with van der Waals surface area (Å²) in [6.45, 7) is 7.89. The molecule has 2 amide bonds. The lowest BCUT2D eigenvalue weighted by Crippen LogP contribution is -2.21. The Hall–Kier alpha value is -4.21. The lowest BCUT2D eigenvalue weighted by molar-refractivity contribution is 0.262. The summed E-state index contributed by atoms with van der Waals surface area (Å²) in [5.41, 5.74) is 1.89. The third-order valence-corrected chi connectivity index (χ3v) is 4.88. The zero-order valence-electron chi connectivity index (χ0n) is 19.5. The van der Waals surface area contributed by atoms with Gasteiger partial charge in [0.1, 0.15) is 35.1 Å². The number of halogens is 1. The molecule has 0 atom stereocenters. The number of amides is 2. The maximum Gasteiger partial charge on any atom is 0.324 e. The number of hydrogen-bond donors (Lipinski definition) is 2. The number of aryl methyl sites for hydroxylation is 2. The van der Waals surface area contributed by atoms with Gasteiger partial charge in [0.05, 0.1) is 17.1 Å². The van der Waals surface area contributed by atoms with E-state index in [1.165, 1.54) is 18.4 Å². The van der Waals surface area contributed by atoms with Gasteiger partial charge in [-0.15, -0.1) is 0 Å². The van der Waals surface area contributed by atoms with E-state index in [-0.39, 0.29) is 16.9 Å². The molecule has 0 radical (unpaired) electrons. The molecule has 0 aliphatic heterocycles. The summed E-state index contributed by atoms with van der Waals surface area (Å²) < 4.78 is 27.3. The van der Waals surface area contributed by atoms with E-state index in [9.17, 15) is 9.18 Å². The van der Waals surface area contributed by atoms with Gasteiger partial charge in [-0.05, 0) is 25.1 Å². The van der Waals surface area contributed by atoms with Crippen molar-refractivity contribution in [2.45, 2.75) is 33.1 Å². The number of nitrogens with one attached hydrogen (secondary N) is 2. The van der Waals surface area contributed by atoms with Crippen LogP contribution in [0.2, 0.25) is 0 Å². The number of aromatic nitrogens is 4. The van der Waals surface area contributed by atoms with Gasteiger partial charge in [0.15, 0.2) is 0 Å². The number of urea groups is 1. The second-order valence-electron chi connectivity index (χ2n) is 8.78. The Morgan fingerprint density at radius 3 is 2.53 bits per heavy atom. The molecule has 0 saturated heterocycles. The SMILES string of the molecule is Cc1coc(-c2cc(Oc3ccc(NC(=O)Nc4cc(C(C)(C)C)nn4C)c(F)c3)ccn2)n1. The summed E-state index contributed by atoms with van der Waals surface area (Å²) in [6.07, 6.45) is 3.07. The van der Waals surface area contributed by atoms with Gasteiger partial charge >= 0.3 is 6.03 Å². The zero-order valence-corrected chi connectivity index (χ0v) is 19.5. The van der Waals surface area contributed by atoms with Gasteiger partial charge < -0.3 is 14.5 Å². The van der Waals surface area contributed by atoms with E-state index in [0.29, 0.717) is 23.2 Å². The van der Waals surface area contributed by atoms with Crippen molar-refractivity contribution in [3.63, 3.8) is 0 Å². The number of benzene rings is 1. The average Bonchev–Trinajstić information content (AvgIpc) is 3.36. The molecule has 2 N–H and O–H groups in total. The Kier molecular flexibility index (Phi) is 6.06. The molecule has 0 saturated carbocycles. The highest BCUT2D eigenvalue weighted by molar-refractivity contribution is 5.99. The number of carbonyl (C=O) groups is 1. The van der Waals surface area contributed by atoms with Gasteiger partial charge in [-0.25, -0.2) is 14.2 Å². The van der Waals surface area contributed by atoms with Crippen molar-refractivity contribution in [1.29, 1.82) is 0 Å². The van der Waals surface area contributed by atoms with Crippen molar-refractivity contribution in [2.75, 3.05) is 10.6 Å². The van der Waals surface area contributed by atoms with E-state index in [1.807, 2.05) is 27.7 Å². The Morgan fingerprint density at radius 2 is 1.88 bits per heavy atom. The molecule has 0 aliphatic rings. The molecule has 0 unspecified atom stereocenters. The van der Waals surface area contributed by atoms with E-state index in [4.69, 9.17) is 9.15 Å². The van der Waals surface area contributed by atoms with Gasteiger partial charge in [-0.1, -0.05) is 20.8 Å². The number of oxazole rings is 1. The van der Waals surface area contributed by atoms with Gasteiger partial charge in [-0.3, -0.25) is 15.0 Å². The molecule has 1 aromatic carbocycles. The fraction of sp³-hybridized carbons (Fsp3) is 0.250. The monoisotopic (exact) mass is 464 g/mol. The summed E-state index contributed by atoms with van der Waals surface area (Å²) in [5.74, 6) is 0.904. The van der Waals surface area contributed by atoms with Gasteiger partial charge in [0.2, 0.25) is 5.89 Å². The fourth-order valence-corrected chi connectivity index (χ4v) is 3.08.